The van der Waals surface area contributed by atoms with Crippen molar-refractivity contribution >= 4 is 39.3 Å². The summed E-state index contributed by atoms with van der Waals surface area (Å²) in [5, 5.41) is 11.4. The van der Waals surface area contributed by atoms with Crippen molar-refractivity contribution in [2.24, 2.45) is 0 Å². The Morgan fingerprint density at radius 1 is 1.44 bits per heavy atom. The molecule has 4 nitrogen and oxygen atoms in total. The van der Waals surface area contributed by atoms with E-state index in [2.05, 4.69) is 21.2 Å². The summed E-state index contributed by atoms with van der Waals surface area (Å²) in [5.41, 5.74) is 6.83. The van der Waals surface area contributed by atoms with Gasteiger partial charge in [-0.15, -0.1) is 0 Å². The molecule has 0 aromatic heterocycles. The summed E-state index contributed by atoms with van der Waals surface area (Å²) in [7, 11) is 0. The fourth-order valence-electron chi connectivity index (χ4n) is 1.29. The van der Waals surface area contributed by atoms with Gasteiger partial charge in [0.25, 0.3) is 5.91 Å². The Morgan fingerprint density at radius 2 is 2.22 bits per heavy atom. The van der Waals surface area contributed by atoms with Crippen molar-refractivity contribution in [3.63, 3.8) is 0 Å². The molecule has 6 heteroatoms. The van der Waals surface area contributed by atoms with Crippen molar-refractivity contribution < 1.29 is 9.90 Å². The number of rotatable bonds is 7. The number of nitrogens with two attached hydrogens (primary N) is 1. The summed E-state index contributed by atoms with van der Waals surface area (Å²) in [6.07, 6.45) is 0.794. The molecule has 0 radical (unpaired) electrons. The molecule has 1 aromatic rings. The van der Waals surface area contributed by atoms with E-state index in [-0.39, 0.29) is 12.5 Å². The van der Waals surface area contributed by atoms with E-state index in [4.69, 9.17) is 10.8 Å². The molecule has 0 atom stereocenters. The molecule has 0 saturated heterocycles. The number of aliphatic hydroxyl groups excluding tert-OH is 1. The van der Waals surface area contributed by atoms with Crippen LogP contribution < -0.4 is 11.1 Å². The van der Waals surface area contributed by atoms with Crippen molar-refractivity contribution in [3.8, 4) is 0 Å². The SMILES string of the molecule is Nc1cc(C(=O)NCCSCCCO)ccc1Br. The maximum Gasteiger partial charge on any atom is 0.251 e. The van der Waals surface area contributed by atoms with E-state index in [1.54, 1.807) is 30.0 Å². The van der Waals surface area contributed by atoms with Crippen LogP contribution in [0.25, 0.3) is 0 Å². The van der Waals surface area contributed by atoms with Crippen molar-refractivity contribution in [3.05, 3.63) is 28.2 Å². The Balaban J connectivity index is 2.30. The van der Waals surface area contributed by atoms with Crippen LogP contribution in [0, 0.1) is 0 Å². The monoisotopic (exact) mass is 332 g/mol. The first kappa shape index (κ1) is 15.3. The lowest BCUT2D eigenvalue weighted by molar-refractivity contribution is 0.0956. The Labute approximate surface area is 119 Å². The number of hydrogen-bond acceptors (Lipinski definition) is 4. The largest absolute Gasteiger partial charge is 0.398 e. The minimum atomic E-state index is -0.114. The number of carbonyl (C=O) groups is 1. The molecule has 100 valence electrons. The van der Waals surface area contributed by atoms with Crippen LogP contribution in [0.15, 0.2) is 22.7 Å². The second kappa shape index (κ2) is 8.39. The summed E-state index contributed by atoms with van der Waals surface area (Å²) >= 11 is 5.00. The van der Waals surface area contributed by atoms with Gasteiger partial charge < -0.3 is 16.2 Å². The Morgan fingerprint density at radius 3 is 2.89 bits per heavy atom. The van der Waals surface area contributed by atoms with Crippen LogP contribution in [-0.2, 0) is 0 Å². The van der Waals surface area contributed by atoms with Crippen molar-refractivity contribution in [1.82, 2.24) is 5.32 Å². The Bertz CT molecular complexity index is 402. The molecular formula is C12H17BrN2O2S. The highest BCUT2D eigenvalue weighted by atomic mass is 79.9. The highest BCUT2D eigenvalue weighted by Gasteiger charge is 2.06. The predicted molar refractivity (Wildman–Crippen MR) is 79.9 cm³/mol. The minimum Gasteiger partial charge on any atom is -0.398 e. The van der Waals surface area contributed by atoms with E-state index in [0.29, 0.717) is 17.8 Å². The van der Waals surface area contributed by atoms with Crippen LogP contribution in [0.3, 0.4) is 0 Å². The summed E-state index contributed by atoms with van der Waals surface area (Å²) < 4.78 is 0.790. The molecule has 18 heavy (non-hydrogen) atoms. The zero-order chi connectivity index (χ0) is 13.4. The zero-order valence-corrected chi connectivity index (χ0v) is 12.4. The maximum absolute atomic E-state index is 11.8. The molecule has 0 spiro atoms. The number of nitrogen functional groups attached to an aromatic ring is 1. The lowest BCUT2D eigenvalue weighted by Gasteiger charge is -2.06. The second-order valence-electron chi connectivity index (χ2n) is 3.68. The van der Waals surface area contributed by atoms with E-state index in [0.717, 1.165) is 22.4 Å². The van der Waals surface area contributed by atoms with Gasteiger partial charge in [-0.05, 0) is 46.3 Å². The van der Waals surface area contributed by atoms with Gasteiger partial charge in [0.15, 0.2) is 0 Å². The number of nitrogens with one attached hydrogen (secondary N) is 1. The van der Waals surface area contributed by atoms with Gasteiger partial charge in [0.1, 0.15) is 0 Å². The summed E-state index contributed by atoms with van der Waals surface area (Å²) in [4.78, 5) is 11.8. The van der Waals surface area contributed by atoms with Gasteiger partial charge in [-0.25, -0.2) is 0 Å². The summed E-state index contributed by atoms with van der Waals surface area (Å²) in [5.74, 6) is 1.65. The first-order chi connectivity index (χ1) is 8.65. The van der Waals surface area contributed by atoms with Gasteiger partial charge in [-0.2, -0.15) is 11.8 Å². The standard InChI is InChI=1S/C12H17BrN2O2S/c13-10-3-2-9(8-11(10)14)12(17)15-4-7-18-6-1-5-16/h2-3,8,16H,1,4-7,14H2,(H,15,17). The number of amides is 1. The van der Waals surface area contributed by atoms with Gasteiger partial charge in [-0.3, -0.25) is 4.79 Å². The minimum absolute atomic E-state index is 0.114. The molecule has 0 aliphatic rings. The van der Waals surface area contributed by atoms with Crippen molar-refractivity contribution in [2.75, 3.05) is 30.4 Å². The van der Waals surface area contributed by atoms with Gasteiger partial charge in [0, 0.05) is 34.6 Å². The number of thioether (sulfide) groups is 1. The number of halogens is 1. The third-order valence-corrected chi connectivity index (χ3v) is 4.03. The molecule has 0 bridgehead atoms. The van der Waals surface area contributed by atoms with E-state index in [1.807, 2.05) is 0 Å². The quantitative estimate of drug-likeness (QED) is 0.526. The first-order valence-electron chi connectivity index (χ1n) is 5.67. The molecule has 0 heterocycles. The number of aliphatic hydroxyl groups is 1. The first-order valence-corrected chi connectivity index (χ1v) is 7.61. The van der Waals surface area contributed by atoms with Crippen LogP contribution in [0.4, 0.5) is 5.69 Å². The van der Waals surface area contributed by atoms with E-state index in [9.17, 15) is 4.79 Å². The highest BCUT2D eigenvalue weighted by Crippen LogP contribution is 2.20. The lowest BCUT2D eigenvalue weighted by atomic mass is 10.2. The lowest BCUT2D eigenvalue weighted by Crippen LogP contribution is -2.25. The fourth-order valence-corrected chi connectivity index (χ4v) is 2.32. The zero-order valence-electron chi connectivity index (χ0n) is 9.99. The molecule has 0 aliphatic heterocycles. The number of carbonyl (C=O) groups excluding carboxylic acids is 1. The smallest absolute Gasteiger partial charge is 0.251 e. The van der Waals surface area contributed by atoms with Crippen LogP contribution in [0.1, 0.15) is 16.8 Å². The molecule has 1 rings (SSSR count). The van der Waals surface area contributed by atoms with Crippen molar-refractivity contribution in [1.29, 1.82) is 0 Å². The molecule has 1 aromatic carbocycles. The molecule has 0 saturated carbocycles. The summed E-state index contributed by atoms with van der Waals surface area (Å²) in [6.45, 7) is 0.836. The Hall–Kier alpha value is -0.720. The maximum atomic E-state index is 11.8. The number of benzene rings is 1. The van der Waals surface area contributed by atoms with Gasteiger partial charge in [0.05, 0.1) is 0 Å². The average molecular weight is 333 g/mol. The van der Waals surface area contributed by atoms with Gasteiger partial charge in [-0.1, -0.05) is 0 Å². The number of hydrogen-bond donors (Lipinski definition) is 3. The average Bonchev–Trinajstić information content (AvgIpc) is 2.36. The molecule has 0 aliphatic carbocycles. The molecule has 4 N–H and O–H groups in total. The fraction of sp³-hybridized carbons (Fsp3) is 0.417. The number of anilines is 1. The van der Waals surface area contributed by atoms with Crippen molar-refractivity contribution in [2.45, 2.75) is 6.42 Å². The third-order valence-electron chi connectivity index (χ3n) is 2.24. The molecular weight excluding hydrogens is 316 g/mol. The van der Waals surface area contributed by atoms with E-state index in [1.165, 1.54) is 0 Å². The second-order valence-corrected chi connectivity index (χ2v) is 5.76. The van der Waals surface area contributed by atoms with Gasteiger partial charge >= 0.3 is 0 Å². The summed E-state index contributed by atoms with van der Waals surface area (Å²) in [6, 6.07) is 5.15. The third kappa shape index (κ3) is 5.29. The van der Waals surface area contributed by atoms with Crippen LogP contribution >= 0.6 is 27.7 Å². The van der Waals surface area contributed by atoms with Crippen LogP contribution in [0.5, 0.6) is 0 Å². The van der Waals surface area contributed by atoms with Crippen LogP contribution in [-0.4, -0.2) is 35.7 Å². The van der Waals surface area contributed by atoms with Crippen LogP contribution in [0.2, 0.25) is 0 Å². The van der Waals surface area contributed by atoms with E-state index < -0.39 is 0 Å². The Kier molecular flexibility index (Phi) is 7.15. The molecule has 1 amide bonds. The van der Waals surface area contributed by atoms with Gasteiger partial charge in [0.2, 0.25) is 0 Å². The highest BCUT2D eigenvalue weighted by molar-refractivity contribution is 9.10. The molecule has 0 fully saturated rings. The molecule has 0 unspecified atom stereocenters. The topological polar surface area (TPSA) is 75.4 Å². The predicted octanol–water partition coefficient (Wildman–Crippen LogP) is 1.88. The van der Waals surface area contributed by atoms with E-state index >= 15 is 0 Å². The normalized spacial score (nSPS) is 10.3.